The van der Waals surface area contributed by atoms with Gasteiger partial charge in [-0.15, -0.1) is 0 Å². The van der Waals surface area contributed by atoms with Crippen LogP contribution in [-0.2, 0) is 10.0 Å². The van der Waals surface area contributed by atoms with Crippen molar-refractivity contribution in [3.63, 3.8) is 0 Å². The third-order valence-electron chi connectivity index (χ3n) is 7.65. The van der Waals surface area contributed by atoms with Gasteiger partial charge in [0.1, 0.15) is 0 Å². The first-order valence-electron chi connectivity index (χ1n) is 15.8. The molecule has 1 aromatic heterocycles. The molecule has 44 heavy (non-hydrogen) atoms. The molecule has 1 heterocycles. The van der Waals surface area contributed by atoms with Crippen LogP contribution in [0, 0.1) is 0 Å². The van der Waals surface area contributed by atoms with E-state index >= 15 is 0 Å². The van der Waals surface area contributed by atoms with Gasteiger partial charge in [-0.25, -0.2) is 8.42 Å². The molecule has 0 atom stereocenters. The van der Waals surface area contributed by atoms with Crippen molar-refractivity contribution < 1.29 is 8.42 Å². The van der Waals surface area contributed by atoms with E-state index in [1.807, 2.05) is 61.5 Å². The maximum absolute atomic E-state index is 13.3. The molecule has 9 heteroatoms. The molecule has 0 amide bonds. The van der Waals surface area contributed by atoms with Crippen LogP contribution in [0.1, 0.15) is 71.1 Å². The lowest BCUT2D eigenvalue weighted by Crippen LogP contribution is -2.13. The number of azo groups is 1. The maximum atomic E-state index is 13.3. The van der Waals surface area contributed by atoms with E-state index < -0.39 is 10.0 Å². The first-order chi connectivity index (χ1) is 21.4. The molecule has 4 aromatic rings. The van der Waals surface area contributed by atoms with Crippen molar-refractivity contribution in [2.45, 2.75) is 76.0 Å². The molecule has 3 aromatic carbocycles. The number of hydrogen-bond donors (Lipinski definition) is 2. The summed E-state index contributed by atoms with van der Waals surface area (Å²) in [6, 6.07) is 21.5. The summed E-state index contributed by atoms with van der Waals surface area (Å²) in [6.07, 6.45) is 14.7. The molecule has 0 fully saturated rings. The molecule has 8 nitrogen and oxygen atoms in total. The normalized spacial score (nSPS) is 11.7. The Bertz CT molecular complexity index is 1590. The molecule has 0 bridgehead atoms. The minimum Gasteiger partial charge on any atom is -0.383 e. The van der Waals surface area contributed by atoms with Gasteiger partial charge in [-0.05, 0) is 79.2 Å². The van der Waals surface area contributed by atoms with Gasteiger partial charge in [0.15, 0.2) is 0 Å². The first kappa shape index (κ1) is 32.9. The molecule has 2 N–H and O–H groups in total. The molecule has 0 radical (unpaired) electrons. The number of hydrogen-bond acceptors (Lipinski definition) is 7. The van der Waals surface area contributed by atoms with Gasteiger partial charge in [-0.1, -0.05) is 64.7 Å². The van der Waals surface area contributed by atoms with Crippen LogP contribution in [0.2, 0.25) is 0 Å². The van der Waals surface area contributed by atoms with Gasteiger partial charge in [0.25, 0.3) is 10.0 Å². The van der Waals surface area contributed by atoms with Crippen molar-refractivity contribution in [2.75, 3.05) is 35.6 Å². The second kappa shape index (κ2) is 16.8. The fraction of sp³-hybridized carbons (Fsp3) is 0.400. The van der Waals surface area contributed by atoms with Crippen molar-refractivity contribution in [3.8, 4) is 0 Å². The summed E-state index contributed by atoms with van der Waals surface area (Å²) < 4.78 is 29.3. The van der Waals surface area contributed by atoms with Crippen LogP contribution in [0.15, 0.2) is 94.1 Å². The van der Waals surface area contributed by atoms with Crippen molar-refractivity contribution >= 4 is 49.4 Å². The van der Waals surface area contributed by atoms with Crippen LogP contribution < -0.4 is 14.9 Å². The van der Waals surface area contributed by atoms with Gasteiger partial charge in [-0.3, -0.25) is 9.71 Å². The van der Waals surface area contributed by atoms with E-state index in [-0.39, 0.29) is 4.90 Å². The summed E-state index contributed by atoms with van der Waals surface area (Å²) in [5.41, 5.74) is 4.50. The zero-order valence-corrected chi connectivity index (χ0v) is 27.1. The smallest absolute Gasteiger partial charge is 0.261 e. The van der Waals surface area contributed by atoms with Gasteiger partial charge in [0.05, 0.1) is 33.2 Å². The highest BCUT2D eigenvalue weighted by molar-refractivity contribution is 7.92. The Morgan fingerprint density at radius 2 is 1.27 bits per heavy atom. The van der Waals surface area contributed by atoms with E-state index in [2.05, 4.69) is 32.2 Å². The SMILES string of the molecule is CCCCCCCCCCCCNc1ccc(NS(=O)(=O)c2ccc(N=Nc3ccc(N(C)C)cc3)cc2)c2cccnc12. The van der Waals surface area contributed by atoms with Crippen LogP contribution in [0.5, 0.6) is 0 Å². The molecular formula is C35H46N6O2S. The number of nitrogens with zero attached hydrogens (tertiary/aromatic N) is 4. The Morgan fingerprint density at radius 1 is 0.705 bits per heavy atom. The predicted octanol–water partition coefficient (Wildman–Crippen LogP) is 9.85. The van der Waals surface area contributed by atoms with Crippen molar-refractivity contribution in [1.29, 1.82) is 0 Å². The van der Waals surface area contributed by atoms with Crippen molar-refractivity contribution in [3.05, 3.63) is 79.0 Å². The van der Waals surface area contributed by atoms with Crippen molar-refractivity contribution in [2.24, 2.45) is 10.2 Å². The zero-order valence-electron chi connectivity index (χ0n) is 26.3. The number of aromatic nitrogens is 1. The fourth-order valence-corrected chi connectivity index (χ4v) is 6.15. The van der Waals surface area contributed by atoms with Crippen LogP contribution in [-0.4, -0.2) is 34.0 Å². The van der Waals surface area contributed by atoms with E-state index in [0.29, 0.717) is 11.4 Å². The summed E-state index contributed by atoms with van der Waals surface area (Å²) in [5.74, 6) is 0. The van der Waals surface area contributed by atoms with Gasteiger partial charge >= 0.3 is 0 Å². The average Bonchev–Trinajstić information content (AvgIpc) is 3.04. The Balaban J connectivity index is 1.32. The van der Waals surface area contributed by atoms with E-state index in [9.17, 15) is 8.42 Å². The van der Waals surface area contributed by atoms with E-state index in [1.54, 1.807) is 24.4 Å². The molecule has 0 aliphatic rings. The lowest BCUT2D eigenvalue weighted by molar-refractivity contribution is 0.560. The first-order valence-corrected chi connectivity index (χ1v) is 17.3. The minimum absolute atomic E-state index is 0.145. The number of unbranched alkanes of at least 4 members (excludes halogenated alkanes) is 9. The maximum Gasteiger partial charge on any atom is 0.261 e. The third-order valence-corrected chi connectivity index (χ3v) is 9.04. The molecule has 0 unspecified atom stereocenters. The monoisotopic (exact) mass is 614 g/mol. The number of pyridine rings is 1. The highest BCUT2D eigenvalue weighted by atomic mass is 32.2. The summed E-state index contributed by atoms with van der Waals surface area (Å²) in [7, 11) is 0.130. The molecule has 0 saturated carbocycles. The summed E-state index contributed by atoms with van der Waals surface area (Å²) in [4.78, 5) is 6.72. The number of sulfonamides is 1. The van der Waals surface area contributed by atoms with Crippen LogP contribution in [0.3, 0.4) is 0 Å². The minimum atomic E-state index is -3.83. The molecule has 0 aliphatic carbocycles. The quantitative estimate of drug-likeness (QED) is 0.0858. The molecule has 234 valence electrons. The van der Waals surface area contributed by atoms with Crippen molar-refractivity contribution in [1.82, 2.24) is 4.98 Å². The highest BCUT2D eigenvalue weighted by Gasteiger charge is 2.17. The topological polar surface area (TPSA) is 99.0 Å². The van der Waals surface area contributed by atoms with E-state index in [0.717, 1.165) is 40.9 Å². The third kappa shape index (κ3) is 9.77. The Labute approximate surface area is 263 Å². The van der Waals surface area contributed by atoms with Gasteiger partial charge in [-0.2, -0.15) is 10.2 Å². The number of anilines is 3. The Morgan fingerprint density at radius 3 is 1.89 bits per heavy atom. The molecule has 4 rings (SSSR count). The van der Waals surface area contributed by atoms with E-state index in [1.165, 1.54) is 69.9 Å². The second-order valence-electron chi connectivity index (χ2n) is 11.4. The Hall–Kier alpha value is -3.98. The van der Waals surface area contributed by atoms with Gasteiger partial charge in [0.2, 0.25) is 0 Å². The van der Waals surface area contributed by atoms with Crippen LogP contribution in [0.4, 0.5) is 28.4 Å². The van der Waals surface area contributed by atoms with Crippen LogP contribution in [0.25, 0.3) is 10.9 Å². The standard InChI is InChI=1S/C35H46N6O2S/c1-4-5-6-7-8-9-10-11-12-13-26-36-34-25-24-33(32-15-14-27-37-35(32)34)40-44(42,43)31-22-18-29(19-23-31)39-38-28-16-20-30(21-17-28)41(2)3/h14-25,27,36,40H,4-13,26H2,1-3H3. The second-order valence-corrected chi connectivity index (χ2v) is 13.1. The number of nitrogens with one attached hydrogen (secondary N) is 2. The molecule has 0 spiro atoms. The van der Waals surface area contributed by atoms with Gasteiger partial charge < -0.3 is 10.2 Å². The summed E-state index contributed by atoms with van der Waals surface area (Å²) in [5, 5.41) is 12.8. The largest absolute Gasteiger partial charge is 0.383 e. The predicted molar refractivity (Wildman–Crippen MR) is 184 cm³/mol. The van der Waals surface area contributed by atoms with Crippen LogP contribution >= 0.6 is 0 Å². The number of rotatable bonds is 18. The fourth-order valence-electron chi connectivity index (χ4n) is 5.07. The lowest BCUT2D eigenvalue weighted by atomic mass is 10.1. The highest BCUT2D eigenvalue weighted by Crippen LogP contribution is 2.31. The zero-order chi connectivity index (χ0) is 31.2. The summed E-state index contributed by atoms with van der Waals surface area (Å²) in [6.45, 7) is 3.12. The lowest BCUT2D eigenvalue weighted by Gasteiger charge is -2.14. The molecular weight excluding hydrogens is 568 g/mol. The summed E-state index contributed by atoms with van der Waals surface area (Å²) >= 11 is 0. The molecule has 0 aliphatic heterocycles. The van der Waals surface area contributed by atoms with E-state index in [4.69, 9.17) is 0 Å². The number of benzene rings is 3. The Kier molecular flexibility index (Phi) is 12.5. The molecule has 0 saturated heterocycles. The van der Waals surface area contributed by atoms with Gasteiger partial charge in [0, 0.05) is 37.9 Å². The average molecular weight is 615 g/mol. The number of fused-ring (bicyclic) bond motifs is 1.